The van der Waals surface area contributed by atoms with Gasteiger partial charge in [-0.15, -0.1) is 0 Å². The zero-order valence-corrected chi connectivity index (χ0v) is 10.6. The van der Waals surface area contributed by atoms with E-state index in [2.05, 4.69) is 4.74 Å². The number of carbonyl (C=O) groups excluding carboxylic acids is 1. The number of esters is 1. The van der Waals surface area contributed by atoms with Gasteiger partial charge in [-0.1, -0.05) is 18.2 Å². The molecule has 0 atom stereocenters. The first-order chi connectivity index (χ1) is 8.58. The smallest absolute Gasteiger partial charge is 0.348 e. The van der Waals surface area contributed by atoms with Crippen LogP contribution in [0.15, 0.2) is 29.8 Å². The van der Waals surface area contributed by atoms with E-state index < -0.39 is 5.97 Å². The van der Waals surface area contributed by atoms with Gasteiger partial charge in [0.25, 0.3) is 0 Å². The predicted octanol–water partition coefficient (Wildman–Crippen LogP) is 2.55. The van der Waals surface area contributed by atoms with Crippen LogP contribution in [-0.2, 0) is 9.53 Å². The summed E-state index contributed by atoms with van der Waals surface area (Å²) >= 11 is 0. The third kappa shape index (κ3) is 3.63. The molecule has 0 spiro atoms. The second-order valence-electron chi connectivity index (χ2n) is 3.87. The van der Waals surface area contributed by atoms with Crippen molar-refractivity contribution < 1.29 is 14.3 Å². The standard InChI is InChI=1S/C14H15NO3/c1-10(2)18-13-7-5-4-6-11(13)8-12(9-15)14(16)17-3/h4-8,10H,1-3H3/b12-8+. The largest absolute Gasteiger partial charge is 0.490 e. The molecular formula is C14H15NO3. The van der Waals surface area contributed by atoms with E-state index in [0.717, 1.165) is 0 Å². The van der Waals surface area contributed by atoms with Gasteiger partial charge < -0.3 is 9.47 Å². The van der Waals surface area contributed by atoms with Crippen molar-refractivity contribution in [1.82, 2.24) is 0 Å². The lowest BCUT2D eigenvalue weighted by atomic mass is 10.1. The summed E-state index contributed by atoms with van der Waals surface area (Å²) in [5.41, 5.74) is 0.616. The van der Waals surface area contributed by atoms with E-state index in [0.29, 0.717) is 11.3 Å². The first-order valence-electron chi connectivity index (χ1n) is 5.54. The average Bonchev–Trinajstić information content (AvgIpc) is 2.36. The molecule has 0 amide bonds. The minimum absolute atomic E-state index is 0.0169. The maximum absolute atomic E-state index is 11.3. The number of benzene rings is 1. The number of nitriles is 1. The highest BCUT2D eigenvalue weighted by Crippen LogP contribution is 2.22. The average molecular weight is 245 g/mol. The van der Waals surface area contributed by atoms with Crippen molar-refractivity contribution in [2.24, 2.45) is 0 Å². The van der Waals surface area contributed by atoms with Crippen molar-refractivity contribution in [2.45, 2.75) is 20.0 Å². The van der Waals surface area contributed by atoms with E-state index in [-0.39, 0.29) is 11.7 Å². The number of methoxy groups -OCH3 is 1. The molecule has 4 heteroatoms. The number of ether oxygens (including phenoxy) is 2. The molecule has 0 aliphatic heterocycles. The summed E-state index contributed by atoms with van der Waals surface area (Å²) in [7, 11) is 1.24. The molecule has 0 fully saturated rings. The Labute approximate surface area is 106 Å². The highest BCUT2D eigenvalue weighted by Gasteiger charge is 2.10. The molecule has 0 aliphatic carbocycles. The number of rotatable bonds is 4. The van der Waals surface area contributed by atoms with Crippen LogP contribution in [0.4, 0.5) is 0 Å². The van der Waals surface area contributed by atoms with Crippen LogP contribution in [0.1, 0.15) is 19.4 Å². The quantitative estimate of drug-likeness (QED) is 0.464. The van der Waals surface area contributed by atoms with Gasteiger partial charge in [-0.3, -0.25) is 0 Å². The molecular weight excluding hydrogens is 230 g/mol. The third-order valence-corrected chi connectivity index (χ3v) is 2.11. The summed E-state index contributed by atoms with van der Waals surface area (Å²) in [6, 6.07) is 9.02. The van der Waals surface area contributed by atoms with Crippen molar-refractivity contribution in [1.29, 1.82) is 5.26 Å². The van der Waals surface area contributed by atoms with E-state index >= 15 is 0 Å². The van der Waals surface area contributed by atoms with E-state index in [1.165, 1.54) is 13.2 Å². The molecule has 0 radical (unpaired) electrons. The fourth-order valence-electron chi connectivity index (χ4n) is 1.36. The van der Waals surface area contributed by atoms with E-state index in [1.807, 2.05) is 32.0 Å². The third-order valence-electron chi connectivity index (χ3n) is 2.11. The van der Waals surface area contributed by atoms with Crippen molar-refractivity contribution in [3.8, 4) is 11.8 Å². The zero-order chi connectivity index (χ0) is 13.5. The van der Waals surface area contributed by atoms with Crippen LogP contribution in [0.3, 0.4) is 0 Å². The van der Waals surface area contributed by atoms with Crippen molar-refractivity contribution >= 4 is 12.0 Å². The SMILES string of the molecule is COC(=O)/C(C#N)=C/c1ccccc1OC(C)C. The van der Waals surface area contributed by atoms with Crippen molar-refractivity contribution in [2.75, 3.05) is 7.11 Å². The Bertz CT molecular complexity index is 498. The van der Waals surface area contributed by atoms with E-state index in [9.17, 15) is 4.79 Å². The summed E-state index contributed by atoms with van der Waals surface area (Å²) in [5.74, 6) is -0.0268. The second kappa shape index (κ2) is 6.45. The molecule has 4 nitrogen and oxygen atoms in total. The highest BCUT2D eigenvalue weighted by molar-refractivity contribution is 5.98. The Kier molecular flexibility index (Phi) is 4.94. The van der Waals surface area contributed by atoms with E-state index in [4.69, 9.17) is 10.00 Å². The molecule has 0 saturated carbocycles. The van der Waals surface area contributed by atoms with Crippen LogP contribution < -0.4 is 4.74 Å². The molecule has 1 rings (SSSR count). The molecule has 0 N–H and O–H groups in total. The maximum atomic E-state index is 11.3. The van der Waals surface area contributed by atoms with E-state index in [1.54, 1.807) is 12.1 Å². The summed E-state index contributed by atoms with van der Waals surface area (Å²) in [6.07, 6.45) is 1.48. The van der Waals surface area contributed by atoms with Crippen molar-refractivity contribution in [3.63, 3.8) is 0 Å². The first kappa shape index (κ1) is 13.8. The Balaban J connectivity index is 3.13. The van der Waals surface area contributed by atoms with Gasteiger partial charge in [0.2, 0.25) is 0 Å². The Hall–Kier alpha value is -2.28. The highest BCUT2D eigenvalue weighted by atomic mass is 16.5. The molecule has 0 aromatic heterocycles. The molecule has 1 aromatic carbocycles. The molecule has 18 heavy (non-hydrogen) atoms. The fourth-order valence-corrected chi connectivity index (χ4v) is 1.36. The zero-order valence-electron chi connectivity index (χ0n) is 10.6. The van der Waals surface area contributed by atoms with Crippen LogP contribution in [0.5, 0.6) is 5.75 Å². The lowest BCUT2D eigenvalue weighted by Gasteiger charge is -2.12. The van der Waals surface area contributed by atoms with Crippen LogP contribution in [-0.4, -0.2) is 19.2 Å². The Morgan fingerprint density at radius 2 is 2.06 bits per heavy atom. The number of hydrogen-bond donors (Lipinski definition) is 0. The topological polar surface area (TPSA) is 59.3 Å². The number of para-hydroxylation sites is 1. The van der Waals surface area contributed by atoms with Crippen LogP contribution in [0, 0.1) is 11.3 Å². The molecule has 0 unspecified atom stereocenters. The number of hydrogen-bond acceptors (Lipinski definition) is 4. The van der Waals surface area contributed by atoms with Gasteiger partial charge in [-0.05, 0) is 26.0 Å². The molecule has 94 valence electrons. The maximum Gasteiger partial charge on any atom is 0.348 e. The van der Waals surface area contributed by atoms with Gasteiger partial charge in [0.15, 0.2) is 0 Å². The van der Waals surface area contributed by atoms with Gasteiger partial charge in [0.05, 0.1) is 13.2 Å². The van der Waals surface area contributed by atoms with Gasteiger partial charge in [-0.25, -0.2) is 4.79 Å². The molecule has 1 aromatic rings. The predicted molar refractivity (Wildman–Crippen MR) is 67.8 cm³/mol. The van der Waals surface area contributed by atoms with Gasteiger partial charge in [0, 0.05) is 5.56 Å². The monoisotopic (exact) mass is 245 g/mol. The molecule has 0 saturated heterocycles. The lowest BCUT2D eigenvalue weighted by molar-refractivity contribution is -0.135. The normalized spacial score (nSPS) is 10.9. The number of carbonyl (C=O) groups is 1. The minimum atomic E-state index is -0.656. The Morgan fingerprint density at radius 3 is 2.61 bits per heavy atom. The Morgan fingerprint density at radius 1 is 1.39 bits per heavy atom. The summed E-state index contributed by atoms with van der Waals surface area (Å²) in [5, 5.41) is 8.90. The van der Waals surface area contributed by atoms with Crippen LogP contribution in [0.25, 0.3) is 6.08 Å². The first-order valence-corrected chi connectivity index (χ1v) is 5.54. The molecule has 0 aliphatic rings. The minimum Gasteiger partial charge on any atom is -0.490 e. The van der Waals surface area contributed by atoms with Crippen molar-refractivity contribution in [3.05, 3.63) is 35.4 Å². The lowest BCUT2D eigenvalue weighted by Crippen LogP contribution is -2.07. The summed E-state index contributed by atoms with van der Waals surface area (Å²) < 4.78 is 10.1. The fraction of sp³-hybridized carbons (Fsp3) is 0.286. The molecule has 0 bridgehead atoms. The van der Waals surface area contributed by atoms with Gasteiger partial charge in [-0.2, -0.15) is 5.26 Å². The van der Waals surface area contributed by atoms with Crippen LogP contribution >= 0.6 is 0 Å². The summed E-state index contributed by atoms with van der Waals surface area (Å²) in [4.78, 5) is 11.3. The van der Waals surface area contributed by atoms with Gasteiger partial charge >= 0.3 is 5.97 Å². The number of nitrogens with zero attached hydrogens (tertiary/aromatic N) is 1. The molecule has 0 heterocycles. The van der Waals surface area contributed by atoms with Gasteiger partial charge in [0.1, 0.15) is 17.4 Å². The summed E-state index contributed by atoms with van der Waals surface area (Å²) in [6.45, 7) is 3.82. The second-order valence-corrected chi connectivity index (χ2v) is 3.87. The van der Waals surface area contributed by atoms with Crippen LogP contribution in [0.2, 0.25) is 0 Å².